The van der Waals surface area contributed by atoms with Gasteiger partial charge in [0.05, 0.1) is 11.5 Å². The average Bonchev–Trinajstić information content (AvgIpc) is 2.68. The molecule has 2 amide bonds. The molecule has 1 saturated heterocycles. The van der Waals surface area contributed by atoms with Gasteiger partial charge >= 0.3 is 0 Å². The summed E-state index contributed by atoms with van der Waals surface area (Å²) in [6, 6.07) is 12.3. The van der Waals surface area contributed by atoms with E-state index in [4.69, 9.17) is 0 Å². The first-order chi connectivity index (χ1) is 13.0. The van der Waals surface area contributed by atoms with Crippen molar-refractivity contribution >= 4 is 11.8 Å². The number of pyridine rings is 1. The normalized spacial score (nSPS) is 17.0. The number of nitrogens with one attached hydrogen (secondary N) is 1. The SMILES string of the molecule is CC(C)NC(=O)C1CCCN(C(=O)c2ccc(=O)n(-c3ccccc3)c2)C1. The highest BCUT2D eigenvalue weighted by Gasteiger charge is 2.29. The van der Waals surface area contributed by atoms with E-state index >= 15 is 0 Å². The first kappa shape index (κ1) is 18.9. The number of carbonyl (C=O) groups is 2. The van der Waals surface area contributed by atoms with E-state index in [1.807, 2.05) is 44.2 Å². The minimum Gasteiger partial charge on any atom is -0.354 e. The van der Waals surface area contributed by atoms with Gasteiger partial charge in [-0.3, -0.25) is 19.0 Å². The van der Waals surface area contributed by atoms with E-state index < -0.39 is 0 Å². The molecule has 1 N–H and O–H groups in total. The summed E-state index contributed by atoms with van der Waals surface area (Å²) >= 11 is 0. The lowest BCUT2D eigenvalue weighted by atomic mass is 9.96. The third kappa shape index (κ3) is 4.45. The zero-order valence-corrected chi connectivity index (χ0v) is 15.7. The Morgan fingerprint density at radius 1 is 1.11 bits per heavy atom. The number of hydrogen-bond donors (Lipinski definition) is 1. The largest absolute Gasteiger partial charge is 0.354 e. The molecule has 0 radical (unpaired) electrons. The van der Waals surface area contributed by atoms with Gasteiger partial charge in [-0.05, 0) is 44.9 Å². The van der Waals surface area contributed by atoms with Crippen LogP contribution in [0.4, 0.5) is 0 Å². The Kier molecular flexibility index (Phi) is 5.74. The van der Waals surface area contributed by atoms with Crippen molar-refractivity contribution in [1.82, 2.24) is 14.8 Å². The standard InChI is InChI=1S/C21H25N3O3/c1-15(2)22-20(26)16-7-6-12-23(13-16)21(27)17-10-11-19(25)24(14-17)18-8-4-3-5-9-18/h3-5,8-11,14-16H,6-7,12-13H2,1-2H3,(H,22,26). The van der Waals surface area contributed by atoms with E-state index in [0.717, 1.165) is 12.8 Å². The molecule has 142 valence electrons. The minimum absolute atomic E-state index is 0.00300. The number of para-hydroxylation sites is 1. The van der Waals surface area contributed by atoms with Crippen molar-refractivity contribution in [2.24, 2.45) is 5.92 Å². The van der Waals surface area contributed by atoms with Crippen molar-refractivity contribution in [2.45, 2.75) is 32.7 Å². The van der Waals surface area contributed by atoms with Crippen molar-refractivity contribution in [2.75, 3.05) is 13.1 Å². The predicted octanol–water partition coefficient (Wildman–Crippen LogP) is 2.21. The van der Waals surface area contributed by atoms with Crippen LogP contribution in [0.5, 0.6) is 0 Å². The number of benzene rings is 1. The van der Waals surface area contributed by atoms with Crippen molar-refractivity contribution in [3.8, 4) is 5.69 Å². The van der Waals surface area contributed by atoms with Crippen LogP contribution in [0.25, 0.3) is 5.69 Å². The molecule has 1 unspecified atom stereocenters. The Balaban J connectivity index is 1.79. The van der Waals surface area contributed by atoms with Gasteiger partial charge in [0.2, 0.25) is 5.91 Å². The minimum atomic E-state index is -0.190. The Morgan fingerprint density at radius 3 is 2.56 bits per heavy atom. The summed E-state index contributed by atoms with van der Waals surface area (Å²) in [6.45, 7) is 4.88. The summed E-state index contributed by atoms with van der Waals surface area (Å²) in [7, 11) is 0. The van der Waals surface area contributed by atoms with E-state index in [2.05, 4.69) is 5.32 Å². The van der Waals surface area contributed by atoms with Crippen LogP contribution in [-0.2, 0) is 4.79 Å². The van der Waals surface area contributed by atoms with Crippen LogP contribution in [0.15, 0.2) is 53.5 Å². The fraction of sp³-hybridized carbons (Fsp3) is 0.381. The van der Waals surface area contributed by atoms with Crippen LogP contribution in [0.3, 0.4) is 0 Å². The van der Waals surface area contributed by atoms with Gasteiger partial charge in [0.25, 0.3) is 11.5 Å². The van der Waals surface area contributed by atoms with Gasteiger partial charge in [-0.1, -0.05) is 18.2 Å². The summed E-state index contributed by atoms with van der Waals surface area (Å²) in [5, 5.41) is 2.93. The van der Waals surface area contributed by atoms with Crippen LogP contribution >= 0.6 is 0 Å². The first-order valence-corrected chi connectivity index (χ1v) is 9.33. The maximum absolute atomic E-state index is 13.0. The molecule has 3 rings (SSSR count). The molecule has 27 heavy (non-hydrogen) atoms. The number of rotatable bonds is 4. The zero-order valence-electron chi connectivity index (χ0n) is 15.7. The van der Waals surface area contributed by atoms with Gasteiger partial charge in [-0.15, -0.1) is 0 Å². The van der Waals surface area contributed by atoms with Crippen molar-refractivity contribution < 1.29 is 9.59 Å². The predicted molar refractivity (Wildman–Crippen MR) is 104 cm³/mol. The van der Waals surface area contributed by atoms with E-state index in [1.165, 1.54) is 10.6 Å². The topological polar surface area (TPSA) is 71.4 Å². The van der Waals surface area contributed by atoms with Gasteiger partial charge in [0, 0.05) is 37.1 Å². The summed E-state index contributed by atoms with van der Waals surface area (Å²) in [5.74, 6) is -0.344. The molecule has 2 heterocycles. The number of piperidine rings is 1. The van der Waals surface area contributed by atoms with Crippen LogP contribution in [-0.4, -0.2) is 40.4 Å². The molecular weight excluding hydrogens is 342 g/mol. The third-order valence-electron chi connectivity index (χ3n) is 4.70. The number of likely N-dealkylation sites (tertiary alicyclic amines) is 1. The fourth-order valence-corrected chi connectivity index (χ4v) is 3.36. The average molecular weight is 367 g/mol. The second kappa shape index (κ2) is 8.20. The van der Waals surface area contributed by atoms with Crippen molar-refractivity contribution in [3.63, 3.8) is 0 Å². The van der Waals surface area contributed by atoms with Crippen LogP contribution in [0.1, 0.15) is 37.0 Å². The quantitative estimate of drug-likeness (QED) is 0.901. The molecule has 1 aromatic carbocycles. The van der Waals surface area contributed by atoms with Crippen molar-refractivity contribution in [1.29, 1.82) is 0 Å². The molecule has 1 aliphatic heterocycles. The Hall–Kier alpha value is -2.89. The van der Waals surface area contributed by atoms with E-state index in [9.17, 15) is 14.4 Å². The maximum atomic E-state index is 13.0. The number of hydrogen-bond acceptors (Lipinski definition) is 3. The first-order valence-electron chi connectivity index (χ1n) is 9.33. The van der Waals surface area contributed by atoms with Gasteiger partial charge < -0.3 is 10.2 Å². The smallest absolute Gasteiger partial charge is 0.255 e. The number of carbonyl (C=O) groups excluding carboxylic acids is 2. The highest BCUT2D eigenvalue weighted by molar-refractivity contribution is 5.94. The molecule has 1 atom stereocenters. The second-order valence-corrected chi connectivity index (χ2v) is 7.22. The number of aromatic nitrogens is 1. The summed E-state index contributed by atoms with van der Waals surface area (Å²) in [5.41, 5.74) is 0.971. The molecule has 0 saturated carbocycles. The van der Waals surface area contributed by atoms with E-state index in [1.54, 1.807) is 17.2 Å². The molecular formula is C21H25N3O3. The zero-order chi connectivity index (χ0) is 19.4. The van der Waals surface area contributed by atoms with E-state index in [0.29, 0.717) is 24.3 Å². The van der Waals surface area contributed by atoms with E-state index in [-0.39, 0.29) is 29.3 Å². The molecule has 6 nitrogen and oxygen atoms in total. The highest BCUT2D eigenvalue weighted by Crippen LogP contribution is 2.19. The summed E-state index contributed by atoms with van der Waals surface area (Å²) in [4.78, 5) is 39.2. The maximum Gasteiger partial charge on any atom is 0.255 e. The summed E-state index contributed by atoms with van der Waals surface area (Å²) < 4.78 is 1.47. The van der Waals surface area contributed by atoms with Gasteiger partial charge in [-0.25, -0.2) is 0 Å². The van der Waals surface area contributed by atoms with Crippen LogP contribution in [0.2, 0.25) is 0 Å². The third-order valence-corrected chi connectivity index (χ3v) is 4.70. The molecule has 0 aliphatic carbocycles. The molecule has 1 aromatic heterocycles. The van der Waals surface area contributed by atoms with Crippen LogP contribution in [0, 0.1) is 5.92 Å². The highest BCUT2D eigenvalue weighted by atomic mass is 16.2. The lowest BCUT2D eigenvalue weighted by Crippen LogP contribution is -2.46. The molecule has 6 heteroatoms. The van der Waals surface area contributed by atoms with Gasteiger partial charge in [0.15, 0.2) is 0 Å². The monoisotopic (exact) mass is 367 g/mol. The Bertz CT molecular complexity index is 874. The Morgan fingerprint density at radius 2 is 1.85 bits per heavy atom. The lowest BCUT2D eigenvalue weighted by Gasteiger charge is -2.32. The molecule has 1 fully saturated rings. The second-order valence-electron chi connectivity index (χ2n) is 7.22. The summed E-state index contributed by atoms with van der Waals surface area (Å²) in [6.07, 6.45) is 3.16. The van der Waals surface area contributed by atoms with Crippen LogP contribution < -0.4 is 10.9 Å². The molecule has 1 aliphatic rings. The molecule has 0 bridgehead atoms. The lowest BCUT2D eigenvalue weighted by molar-refractivity contribution is -0.126. The number of amides is 2. The molecule has 2 aromatic rings. The van der Waals surface area contributed by atoms with Gasteiger partial charge in [-0.2, -0.15) is 0 Å². The Labute approximate surface area is 158 Å². The fourth-order valence-electron chi connectivity index (χ4n) is 3.36. The number of nitrogens with zero attached hydrogens (tertiary/aromatic N) is 2. The van der Waals surface area contributed by atoms with Gasteiger partial charge in [0.1, 0.15) is 0 Å². The molecule has 0 spiro atoms. The van der Waals surface area contributed by atoms with Crippen molar-refractivity contribution in [3.05, 3.63) is 64.6 Å².